The molecule has 1 aliphatic rings. The Hall–Kier alpha value is -1.66. The molecule has 0 amide bonds. The van der Waals surface area contributed by atoms with E-state index in [-0.39, 0.29) is 5.56 Å². The molecule has 18 heavy (non-hydrogen) atoms. The second-order valence-corrected chi connectivity index (χ2v) is 5.00. The van der Waals surface area contributed by atoms with Gasteiger partial charge in [0.15, 0.2) is 0 Å². The minimum Gasteiger partial charge on any atom is -0.265 e. The molecular formula is C11H7ClN4OS. The molecule has 0 bridgehead atoms. The molecule has 7 heteroatoms. The van der Waals surface area contributed by atoms with Crippen LogP contribution in [0.1, 0.15) is 5.56 Å². The lowest BCUT2D eigenvalue weighted by atomic mass is 10.1. The van der Waals surface area contributed by atoms with Gasteiger partial charge < -0.3 is 0 Å². The summed E-state index contributed by atoms with van der Waals surface area (Å²) in [5, 5.41) is 13.0. The zero-order valence-electron chi connectivity index (χ0n) is 9.08. The topological polar surface area (TPSA) is 60.1 Å². The zero-order valence-corrected chi connectivity index (χ0v) is 10.6. The Balaban J connectivity index is 2.08. The molecule has 0 atom stereocenters. The first-order valence-corrected chi connectivity index (χ1v) is 6.52. The lowest BCUT2D eigenvalue weighted by molar-refractivity contribution is 0.641. The van der Waals surface area contributed by atoms with Crippen LogP contribution in [0.15, 0.2) is 45.5 Å². The fraction of sp³-hybridized carbons (Fsp3) is 0.0909. The summed E-state index contributed by atoms with van der Waals surface area (Å²) in [5.74, 6) is 0.653. The highest BCUT2D eigenvalue weighted by atomic mass is 35.5. The predicted octanol–water partition coefficient (Wildman–Crippen LogP) is 1.65. The average molecular weight is 279 g/mol. The highest BCUT2D eigenvalue weighted by Gasteiger charge is 2.16. The normalized spacial score (nSPS) is 13.9. The van der Waals surface area contributed by atoms with Gasteiger partial charge in [0.1, 0.15) is 6.20 Å². The van der Waals surface area contributed by atoms with Gasteiger partial charge >= 0.3 is 0 Å². The van der Waals surface area contributed by atoms with Gasteiger partial charge in [-0.05, 0) is 17.7 Å². The van der Waals surface area contributed by atoms with Crippen molar-refractivity contribution in [1.82, 2.24) is 14.9 Å². The smallest absolute Gasteiger partial charge is 0.265 e. The Morgan fingerprint density at radius 3 is 2.83 bits per heavy atom. The Morgan fingerprint density at radius 2 is 2.06 bits per heavy atom. The predicted molar refractivity (Wildman–Crippen MR) is 70.4 cm³/mol. The van der Waals surface area contributed by atoms with Crippen molar-refractivity contribution in [1.29, 1.82) is 0 Å². The second kappa shape index (κ2) is 4.55. The monoisotopic (exact) mass is 278 g/mol. The van der Waals surface area contributed by atoms with Crippen molar-refractivity contribution in [3.05, 3.63) is 51.4 Å². The number of thioether (sulfide) groups is 1. The summed E-state index contributed by atoms with van der Waals surface area (Å²) in [6.07, 6.45) is 1.15. The van der Waals surface area contributed by atoms with Gasteiger partial charge in [0.25, 0.3) is 5.56 Å². The molecule has 0 unspecified atom stereocenters. The Morgan fingerprint density at radius 1 is 1.28 bits per heavy atom. The summed E-state index contributed by atoms with van der Waals surface area (Å²) in [7, 11) is 0. The zero-order chi connectivity index (χ0) is 12.5. The summed E-state index contributed by atoms with van der Waals surface area (Å²) >= 11 is 7.27. The van der Waals surface area contributed by atoms with Crippen LogP contribution in [0.3, 0.4) is 0 Å². The number of halogens is 1. The van der Waals surface area contributed by atoms with E-state index in [9.17, 15) is 4.79 Å². The largest absolute Gasteiger partial charge is 0.293 e. The summed E-state index contributed by atoms with van der Waals surface area (Å²) in [4.78, 5) is 11.6. The number of aromatic nitrogens is 3. The van der Waals surface area contributed by atoms with Crippen molar-refractivity contribution in [3.63, 3.8) is 0 Å². The van der Waals surface area contributed by atoms with E-state index in [2.05, 4.69) is 15.3 Å². The summed E-state index contributed by atoms with van der Waals surface area (Å²) in [6.45, 7) is 0. The van der Waals surface area contributed by atoms with Crippen molar-refractivity contribution in [2.45, 2.75) is 5.16 Å². The minimum absolute atomic E-state index is 0.279. The minimum atomic E-state index is -0.279. The maximum Gasteiger partial charge on any atom is 0.293 e. The van der Waals surface area contributed by atoms with E-state index in [1.54, 1.807) is 12.1 Å². The van der Waals surface area contributed by atoms with Crippen LogP contribution in [0, 0.1) is 0 Å². The lowest BCUT2D eigenvalue weighted by Gasteiger charge is -2.14. The molecule has 0 saturated heterocycles. The third kappa shape index (κ3) is 2.04. The van der Waals surface area contributed by atoms with Crippen LogP contribution in [0.25, 0.3) is 0 Å². The van der Waals surface area contributed by atoms with Crippen LogP contribution in [-0.4, -0.2) is 26.3 Å². The highest BCUT2D eigenvalue weighted by molar-refractivity contribution is 7.99. The molecular weight excluding hydrogens is 272 g/mol. The van der Waals surface area contributed by atoms with Gasteiger partial charge in [-0.25, -0.2) is 0 Å². The molecule has 0 radical (unpaired) electrons. The maximum atomic E-state index is 11.6. The molecule has 0 saturated carbocycles. The van der Waals surface area contributed by atoms with Crippen LogP contribution in [-0.2, 0) is 0 Å². The Bertz CT molecular complexity index is 680. The van der Waals surface area contributed by atoms with Gasteiger partial charge in [0, 0.05) is 10.8 Å². The van der Waals surface area contributed by atoms with Gasteiger partial charge in [0.2, 0.25) is 5.16 Å². The first-order valence-electron chi connectivity index (χ1n) is 5.15. The average Bonchev–Trinajstić information content (AvgIpc) is 2.40. The number of nitrogens with zero attached hydrogens (tertiary/aromatic N) is 4. The van der Waals surface area contributed by atoms with Gasteiger partial charge in [-0.15, -0.1) is 5.10 Å². The van der Waals surface area contributed by atoms with E-state index in [1.807, 2.05) is 12.1 Å². The Kier molecular flexibility index (Phi) is 2.89. The fourth-order valence-electron chi connectivity index (χ4n) is 1.57. The van der Waals surface area contributed by atoms with Gasteiger partial charge in [-0.3, -0.25) is 4.79 Å². The first-order chi connectivity index (χ1) is 8.74. The van der Waals surface area contributed by atoms with Crippen molar-refractivity contribution < 1.29 is 0 Å². The van der Waals surface area contributed by atoms with E-state index in [0.717, 1.165) is 17.5 Å². The van der Waals surface area contributed by atoms with E-state index in [4.69, 9.17) is 11.6 Å². The molecule has 1 aliphatic heterocycles. The summed E-state index contributed by atoms with van der Waals surface area (Å²) in [5.41, 5.74) is 1.49. The van der Waals surface area contributed by atoms with Gasteiger partial charge in [0.05, 0.1) is 5.71 Å². The molecule has 0 fully saturated rings. The van der Waals surface area contributed by atoms with Crippen molar-refractivity contribution in [2.75, 3.05) is 5.75 Å². The third-order valence-electron chi connectivity index (χ3n) is 2.44. The van der Waals surface area contributed by atoms with Crippen LogP contribution in [0.4, 0.5) is 0 Å². The number of hydrogen-bond acceptors (Lipinski definition) is 5. The van der Waals surface area contributed by atoms with Gasteiger partial charge in [-0.1, -0.05) is 35.5 Å². The molecule has 5 nitrogen and oxygen atoms in total. The second-order valence-electron chi connectivity index (χ2n) is 3.62. The number of benzene rings is 1. The highest BCUT2D eigenvalue weighted by Crippen LogP contribution is 2.21. The summed E-state index contributed by atoms with van der Waals surface area (Å²) in [6, 6.07) is 7.36. The molecule has 90 valence electrons. The van der Waals surface area contributed by atoms with E-state index >= 15 is 0 Å². The standard InChI is InChI=1S/C11H7ClN4OS/c12-8-3-1-7(2-4-8)9-6-18-11-14-13-5-10(17)16(11)15-9/h1-5H,6H2. The fourth-order valence-corrected chi connectivity index (χ4v) is 2.54. The Labute approximate surface area is 112 Å². The van der Waals surface area contributed by atoms with Crippen molar-refractivity contribution >= 4 is 29.1 Å². The molecule has 1 aromatic heterocycles. The van der Waals surface area contributed by atoms with Crippen molar-refractivity contribution in [2.24, 2.45) is 5.10 Å². The third-order valence-corrected chi connectivity index (χ3v) is 3.62. The van der Waals surface area contributed by atoms with E-state index < -0.39 is 0 Å². The number of hydrogen-bond donors (Lipinski definition) is 0. The SMILES string of the molecule is O=c1cnnc2n1N=C(c1ccc(Cl)cc1)CS2. The van der Waals surface area contributed by atoms with Crippen LogP contribution in [0.2, 0.25) is 5.02 Å². The number of fused-ring (bicyclic) bond motifs is 1. The van der Waals surface area contributed by atoms with Crippen molar-refractivity contribution in [3.8, 4) is 0 Å². The quantitative estimate of drug-likeness (QED) is 0.796. The van der Waals surface area contributed by atoms with Gasteiger partial charge in [-0.2, -0.15) is 14.9 Å². The van der Waals surface area contributed by atoms with E-state index in [0.29, 0.717) is 15.9 Å². The molecule has 1 aromatic carbocycles. The molecule has 0 spiro atoms. The number of rotatable bonds is 1. The van der Waals surface area contributed by atoms with Crippen LogP contribution >= 0.6 is 23.4 Å². The van der Waals surface area contributed by atoms with Crippen LogP contribution in [0.5, 0.6) is 0 Å². The first kappa shape index (κ1) is 11.4. The maximum absolute atomic E-state index is 11.6. The lowest BCUT2D eigenvalue weighted by Crippen LogP contribution is -2.25. The van der Waals surface area contributed by atoms with Crippen LogP contribution < -0.4 is 5.56 Å². The molecule has 0 aliphatic carbocycles. The molecule has 0 N–H and O–H groups in total. The molecule has 2 heterocycles. The molecule has 2 aromatic rings. The molecule has 3 rings (SSSR count). The summed E-state index contributed by atoms with van der Waals surface area (Å²) < 4.78 is 1.27. The van der Waals surface area contributed by atoms with E-state index in [1.165, 1.54) is 16.4 Å².